The lowest BCUT2D eigenvalue weighted by atomic mass is 9.94. The van der Waals surface area contributed by atoms with Crippen molar-refractivity contribution in [1.29, 1.82) is 5.41 Å². The van der Waals surface area contributed by atoms with Gasteiger partial charge in [0.15, 0.2) is 5.96 Å². The van der Waals surface area contributed by atoms with Crippen LogP contribution in [0.1, 0.15) is 13.8 Å². The van der Waals surface area contributed by atoms with Crippen LogP contribution in [0.3, 0.4) is 0 Å². The number of nitrogens with one attached hydrogen (secondary N) is 1. The van der Waals surface area contributed by atoms with Gasteiger partial charge in [-0.25, -0.2) is 4.89 Å². The quantitative estimate of drug-likeness (QED) is 0.0638. The summed E-state index contributed by atoms with van der Waals surface area (Å²) in [6.07, 6.45) is -4.12. The van der Waals surface area contributed by atoms with Gasteiger partial charge in [-0.15, -0.1) is 0 Å². The van der Waals surface area contributed by atoms with Crippen LogP contribution in [-0.2, 0) is 19.2 Å². The molecule has 0 aromatic heterocycles. The molecular weight excluding hydrogens is 324 g/mol. The van der Waals surface area contributed by atoms with Crippen molar-refractivity contribution in [2.24, 2.45) is 11.5 Å². The lowest BCUT2D eigenvalue weighted by molar-refractivity contribution is -0.541. The number of ether oxygens (including phenoxy) is 2. The zero-order valence-corrected chi connectivity index (χ0v) is 13.9. The summed E-state index contributed by atoms with van der Waals surface area (Å²) in [5.41, 5.74) is 10.9. The molecular formula is C13H28N4O7. The van der Waals surface area contributed by atoms with E-state index < -0.39 is 36.9 Å². The van der Waals surface area contributed by atoms with Crippen molar-refractivity contribution in [3.05, 3.63) is 0 Å². The average Bonchev–Trinajstić information content (AvgIpc) is 2.55. The van der Waals surface area contributed by atoms with E-state index in [2.05, 4.69) is 0 Å². The van der Waals surface area contributed by atoms with Crippen molar-refractivity contribution in [3.63, 3.8) is 0 Å². The summed E-state index contributed by atoms with van der Waals surface area (Å²) in [7, 11) is 0. The molecule has 0 radical (unpaired) electrons. The Bertz CT molecular complexity index is 403. The topological polar surface area (TPSA) is 177 Å². The molecule has 24 heavy (non-hydrogen) atoms. The Morgan fingerprint density at radius 2 is 2.00 bits per heavy atom. The molecule has 0 aromatic rings. The van der Waals surface area contributed by atoms with Gasteiger partial charge in [-0.2, -0.15) is 4.89 Å². The molecule has 0 aliphatic carbocycles. The third kappa shape index (κ3) is 4.32. The third-order valence-electron chi connectivity index (χ3n) is 3.62. The maximum absolute atomic E-state index is 10.5. The Hall–Kier alpha value is -1.05. The van der Waals surface area contributed by atoms with Gasteiger partial charge in [0.25, 0.3) is 0 Å². The number of hydrogen-bond acceptors (Lipinski definition) is 9. The second kappa shape index (κ2) is 9.44. The van der Waals surface area contributed by atoms with Crippen molar-refractivity contribution in [3.8, 4) is 0 Å². The second-order valence-corrected chi connectivity index (χ2v) is 5.17. The Morgan fingerprint density at radius 1 is 1.33 bits per heavy atom. The Kier molecular flexibility index (Phi) is 8.26. The van der Waals surface area contributed by atoms with Crippen molar-refractivity contribution in [1.82, 2.24) is 4.90 Å². The highest BCUT2D eigenvalue weighted by Crippen LogP contribution is 2.35. The molecule has 1 saturated heterocycles. The maximum Gasteiger partial charge on any atom is 0.336 e. The molecule has 1 fully saturated rings. The van der Waals surface area contributed by atoms with E-state index >= 15 is 0 Å². The smallest absolute Gasteiger partial charge is 0.336 e. The van der Waals surface area contributed by atoms with Crippen LogP contribution in [0, 0.1) is 5.41 Å². The average molecular weight is 352 g/mol. The van der Waals surface area contributed by atoms with Crippen LogP contribution < -0.4 is 11.5 Å². The highest BCUT2D eigenvalue weighted by atomic mass is 17.3. The van der Waals surface area contributed by atoms with Crippen molar-refractivity contribution in [2.75, 3.05) is 32.9 Å². The first-order valence-corrected chi connectivity index (χ1v) is 7.78. The predicted molar refractivity (Wildman–Crippen MR) is 82.5 cm³/mol. The summed E-state index contributed by atoms with van der Waals surface area (Å²) in [6, 6.07) is -1.21. The predicted octanol–water partition coefficient (Wildman–Crippen LogP) is -2.72. The van der Waals surface area contributed by atoms with Gasteiger partial charge in [0.05, 0.1) is 13.2 Å². The van der Waals surface area contributed by atoms with Gasteiger partial charge in [-0.3, -0.25) is 5.41 Å². The molecule has 0 saturated carbocycles. The molecule has 0 amide bonds. The fourth-order valence-corrected chi connectivity index (χ4v) is 2.59. The van der Waals surface area contributed by atoms with Crippen LogP contribution in [0.2, 0.25) is 0 Å². The molecule has 1 rings (SSSR count). The number of nitrogens with two attached hydrogens (primary N) is 2. The van der Waals surface area contributed by atoms with E-state index in [4.69, 9.17) is 36.1 Å². The molecule has 1 aliphatic rings. The molecule has 0 bridgehead atoms. The highest BCUT2D eigenvalue weighted by molar-refractivity contribution is 5.75. The summed E-state index contributed by atoms with van der Waals surface area (Å²) in [4.78, 5) is 11.5. The van der Waals surface area contributed by atoms with Gasteiger partial charge in [0, 0.05) is 19.7 Å². The minimum Gasteiger partial charge on any atom is -0.394 e. The van der Waals surface area contributed by atoms with Gasteiger partial charge >= 0.3 is 5.97 Å². The number of guanidine groups is 1. The van der Waals surface area contributed by atoms with Crippen LogP contribution in [0.5, 0.6) is 0 Å². The fourth-order valence-electron chi connectivity index (χ4n) is 2.59. The number of nitrogens with zero attached hydrogens (tertiary/aromatic N) is 1. The normalized spacial score (nSPS) is 33.4. The Morgan fingerprint density at radius 3 is 2.46 bits per heavy atom. The zero-order chi connectivity index (χ0) is 18.3. The van der Waals surface area contributed by atoms with Crippen molar-refractivity contribution < 1.29 is 34.6 Å². The number of aliphatic hydroxyl groups excluding tert-OH is 3. The minimum absolute atomic E-state index is 0.0134. The van der Waals surface area contributed by atoms with E-state index in [0.29, 0.717) is 0 Å². The van der Waals surface area contributed by atoms with Gasteiger partial charge in [-0.05, 0) is 13.8 Å². The lowest BCUT2D eigenvalue weighted by Gasteiger charge is -2.51. The minimum atomic E-state index is -2.02. The Labute approximate surface area is 140 Å². The first-order valence-electron chi connectivity index (χ1n) is 7.78. The third-order valence-corrected chi connectivity index (χ3v) is 3.62. The fraction of sp³-hybridized carbons (Fsp3) is 0.923. The number of aliphatic hydroxyl groups is 3. The first-order chi connectivity index (χ1) is 11.4. The molecule has 8 N–H and O–H groups in total. The molecule has 11 nitrogen and oxygen atoms in total. The van der Waals surface area contributed by atoms with Crippen LogP contribution in [0.25, 0.3) is 0 Å². The van der Waals surface area contributed by atoms with Crippen LogP contribution in [0.15, 0.2) is 0 Å². The summed E-state index contributed by atoms with van der Waals surface area (Å²) in [6.45, 7) is 3.22. The number of rotatable bonds is 9. The van der Waals surface area contributed by atoms with E-state index in [1.165, 1.54) is 4.90 Å². The van der Waals surface area contributed by atoms with E-state index in [-0.39, 0.29) is 32.3 Å². The van der Waals surface area contributed by atoms with E-state index in [1.54, 1.807) is 13.8 Å². The summed E-state index contributed by atoms with van der Waals surface area (Å²) >= 11 is 0. The second-order valence-electron chi connectivity index (χ2n) is 5.17. The number of likely N-dealkylation sites (N-methyl/N-ethyl adjacent to an activating group) is 1. The van der Waals surface area contributed by atoms with Gasteiger partial charge < -0.3 is 41.2 Å². The highest BCUT2D eigenvalue weighted by Gasteiger charge is 2.60. The van der Waals surface area contributed by atoms with Crippen LogP contribution in [0.4, 0.5) is 0 Å². The van der Waals surface area contributed by atoms with Gasteiger partial charge in [0.1, 0.15) is 24.4 Å². The molecule has 0 aromatic carbocycles. The SMILES string of the molecule is CCO[C@@]1(OOCCN)O[C@H](CO)[C@H](O)[C@H](O)[C@H]1N(CC)C(=N)N. The number of hydrogen-bond donors (Lipinski definition) is 6. The van der Waals surface area contributed by atoms with Gasteiger partial charge in [0.2, 0.25) is 0 Å². The van der Waals surface area contributed by atoms with Crippen molar-refractivity contribution in [2.45, 2.75) is 44.2 Å². The molecule has 5 atom stereocenters. The lowest BCUT2D eigenvalue weighted by Crippen LogP contribution is -2.73. The molecule has 0 spiro atoms. The van der Waals surface area contributed by atoms with E-state index in [0.717, 1.165) is 0 Å². The van der Waals surface area contributed by atoms with Crippen molar-refractivity contribution >= 4 is 5.96 Å². The molecule has 142 valence electrons. The molecule has 1 aliphatic heterocycles. The first kappa shape index (κ1) is 21.0. The Balaban J connectivity index is 3.27. The molecule has 1 heterocycles. The summed E-state index contributed by atoms with van der Waals surface area (Å²) in [5.74, 6) is -2.40. The summed E-state index contributed by atoms with van der Waals surface area (Å²) < 4.78 is 11.1. The monoisotopic (exact) mass is 352 g/mol. The summed E-state index contributed by atoms with van der Waals surface area (Å²) in [5, 5.41) is 37.8. The zero-order valence-electron chi connectivity index (χ0n) is 13.9. The largest absolute Gasteiger partial charge is 0.394 e. The van der Waals surface area contributed by atoms with Gasteiger partial charge in [-0.1, -0.05) is 0 Å². The molecule has 0 unspecified atom stereocenters. The van der Waals surface area contributed by atoms with Crippen LogP contribution >= 0.6 is 0 Å². The van der Waals surface area contributed by atoms with Crippen LogP contribution in [-0.4, -0.2) is 89.4 Å². The standard InChI is InChI=1S/C13H28N4O7/c1-3-17(12(15)16)11-10(20)9(19)8(7-18)23-13(11,21-4-2)24-22-6-5-14/h8-11,18-20H,3-7,14H2,1-2H3,(H3,15,16)/t8-,9+,10+,11-,13-/m1/s1. The van der Waals surface area contributed by atoms with E-state index in [1.807, 2.05) is 0 Å². The van der Waals surface area contributed by atoms with E-state index in [9.17, 15) is 15.3 Å². The molecule has 11 heteroatoms. The maximum atomic E-state index is 10.5.